The number of allylic oxidation sites excluding steroid dienone is 4. The predicted molar refractivity (Wildman–Crippen MR) is 140 cm³/mol. The van der Waals surface area contributed by atoms with E-state index in [1.54, 1.807) is 0 Å². The summed E-state index contributed by atoms with van der Waals surface area (Å²) in [6, 6.07) is 12.0. The molecule has 0 atom stereocenters. The maximum absolute atomic E-state index is 11.9. The molecule has 0 bridgehead atoms. The molecule has 2 aromatic rings. The monoisotopic (exact) mass is 464 g/mol. The van der Waals surface area contributed by atoms with E-state index in [0.717, 1.165) is 56.9 Å². The molecule has 184 valence electrons. The Morgan fingerprint density at radius 2 is 1.50 bits per heavy atom. The number of unbranched alkanes of at least 4 members (excludes halogenated alkanes) is 4. The lowest BCUT2D eigenvalue weighted by atomic mass is 9.95. The van der Waals surface area contributed by atoms with Crippen LogP contribution in [0.1, 0.15) is 92.8 Å². The summed E-state index contributed by atoms with van der Waals surface area (Å²) < 4.78 is 0. The second-order valence-corrected chi connectivity index (χ2v) is 9.39. The molecule has 2 aromatic carbocycles. The van der Waals surface area contributed by atoms with Gasteiger partial charge in [0, 0.05) is 5.56 Å². The first-order valence-corrected chi connectivity index (χ1v) is 12.4. The molecule has 0 aliphatic carbocycles. The van der Waals surface area contributed by atoms with E-state index in [-0.39, 0.29) is 29.0 Å². The molecule has 0 aliphatic heterocycles. The molecule has 0 heterocycles. The van der Waals surface area contributed by atoms with Crippen molar-refractivity contribution in [2.75, 3.05) is 0 Å². The van der Waals surface area contributed by atoms with E-state index in [2.05, 4.69) is 44.2 Å². The Labute approximate surface area is 204 Å². The third kappa shape index (κ3) is 9.09. The van der Waals surface area contributed by atoms with Crippen molar-refractivity contribution in [2.45, 2.75) is 85.0 Å². The van der Waals surface area contributed by atoms with Crippen molar-refractivity contribution in [2.24, 2.45) is 0 Å². The van der Waals surface area contributed by atoms with Crippen LogP contribution in [0.4, 0.5) is 0 Å². The van der Waals surface area contributed by atoms with Crippen molar-refractivity contribution in [3.05, 3.63) is 82.0 Å². The fourth-order valence-electron chi connectivity index (χ4n) is 4.13. The molecule has 0 fully saturated rings. The van der Waals surface area contributed by atoms with Gasteiger partial charge in [-0.1, -0.05) is 72.9 Å². The molecule has 0 aromatic heterocycles. The summed E-state index contributed by atoms with van der Waals surface area (Å²) in [4.78, 5) is 11.9. The SMILES string of the molecule is CC(C)=CCC/C(C)=C/Cc1c(C(=O)O)cc(CCCCCCCc2ccccc2)c(O)c1O. The Morgan fingerprint density at radius 1 is 0.853 bits per heavy atom. The zero-order valence-electron chi connectivity index (χ0n) is 20.9. The van der Waals surface area contributed by atoms with Gasteiger partial charge in [0.15, 0.2) is 11.5 Å². The van der Waals surface area contributed by atoms with Crippen LogP contribution < -0.4 is 0 Å². The van der Waals surface area contributed by atoms with Gasteiger partial charge in [0.2, 0.25) is 0 Å². The summed E-state index contributed by atoms with van der Waals surface area (Å²) in [5.74, 6) is -1.56. The minimum Gasteiger partial charge on any atom is -0.504 e. The number of hydrogen-bond donors (Lipinski definition) is 3. The Kier molecular flexibility index (Phi) is 11.5. The fraction of sp³-hybridized carbons (Fsp3) is 0.433. The Balaban J connectivity index is 1.91. The molecule has 0 saturated carbocycles. The van der Waals surface area contributed by atoms with Crippen LogP contribution in [0.25, 0.3) is 0 Å². The summed E-state index contributed by atoms with van der Waals surface area (Å²) in [6.07, 6.45) is 13.1. The van der Waals surface area contributed by atoms with Crippen LogP contribution >= 0.6 is 0 Å². The molecule has 0 spiro atoms. The van der Waals surface area contributed by atoms with Crippen molar-refractivity contribution >= 4 is 5.97 Å². The normalized spacial score (nSPS) is 11.4. The van der Waals surface area contributed by atoms with Gasteiger partial charge >= 0.3 is 5.97 Å². The van der Waals surface area contributed by atoms with Gasteiger partial charge in [-0.05, 0) is 82.9 Å². The minimum absolute atomic E-state index is 0.0708. The Hall–Kier alpha value is -3.01. The molecular formula is C30H40O4. The van der Waals surface area contributed by atoms with Crippen molar-refractivity contribution in [3.63, 3.8) is 0 Å². The van der Waals surface area contributed by atoms with Crippen LogP contribution in [0.2, 0.25) is 0 Å². The van der Waals surface area contributed by atoms with Gasteiger partial charge < -0.3 is 15.3 Å². The van der Waals surface area contributed by atoms with E-state index in [1.165, 1.54) is 17.2 Å². The van der Waals surface area contributed by atoms with Gasteiger partial charge in [0.05, 0.1) is 5.56 Å². The average molecular weight is 465 g/mol. The van der Waals surface area contributed by atoms with E-state index in [9.17, 15) is 20.1 Å². The van der Waals surface area contributed by atoms with E-state index < -0.39 is 5.97 Å². The number of carboxylic acids is 1. The second kappa shape index (κ2) is 14.3. The number of carboxylic acid groups (broad SMARTS) is 1. The number of phenolic OH excluding ortho intramolecular Hbond substituents is 2. The number of rotatable bonds is 14. The highest BCUT2D eigenvalue weighted by Gasteiger charge is 2.20. The Morgan fingerprint density at radius 3 is 2.15 bits per heavy atom. The number of aromatic carboxylic acids is 1. The Bertz CT molecular complexity index is 983. The predicted octanol–water partition coefficient (Wildman–Crippen LogP) is 7.77. The third-order valence-electron chi connectivity index (χ3n) is 6.19. The zero-order valence-corrected chi connectivity index (χ0v) is 20.9. The summed E-state index contributed by atoms with van der Waals surface area (Å²) in [6.45, 7) is 6.13. The topological polar surface area (TPSA) is 77.8 Å². The summed E-state index contributed by atoms with van der Waals surface area (Å²) >= 11 is 0. The van der Waals surface area contributed by atoms with E-state index in [0.29, 0.717) is 12.0 Å². The standard InChI is InChI=1S/C30H40O4/c1-22(2)13-12-14-23(3)19-20-26-27(30(33)34)21-25(28(31)29(26)32)18-11-6-4-5-8-15-24-16-9-7-10-17-24/h7,9-10,13,16-17,19,21,31-32H,4-6,8,11-12,14-15,18,20H2,1-3H3,(H,33,34)/b23-19+. The average Bonchev–Trinajstić information content (AvgIpc) is 2.80. The van der Waals surface area contributed by atoms with Crippen molar-refractivity contribution < 1.29 is 20.1 Å². The number of hydrogen-bond acceptors (Lipinski definition) is 3. The van der Waals surface area contributed by atoms with Crippen LogP contribution in [0.15, 0.2) is 59.7 Å². The van der Waals surface area contributed by atoms with Crippen molar-refractivity contribution in [1.82, 2.24) is 0 Å². The number of aryl methyl sites for hydroxylation is 2. The molecular weight excluding hydrogens is 424 g/mol. The third-order valence-corrected chi connectivity index (χ3v) is 6.19. The van der Waals surface area contributed by atoms with Gasteiger partial charge in [-0.3, -0.25) is 0 Å². The molecule has 0 saturated heterocycles. The van der Waals surface area contributed by atoms with Gasteiger partial charge in [-0.25, -0.2) is 4.79 Å². The molecule has 4 heteroatoms. The van der Waals surface area contributed by atoms with E-state index >= 15 is 0 Å². The maximum atomic E-state index is 11.9. The van der Waals surface area contributed by atoms with Crippen LogP contribution in [-0.2, 0) is 19.3 Å². The lowest BCUT2D eigenvalue weighted by Crippen LogP contribution is -2.05. The first kappa shape index (κ1) is 27.2. The largest absolute Gasteiger partial charge is 0.504 e. The first-order valence-electron chi connectivity index (χ1n) is 12.4. The van der Waals surface area contributed by atoms with Gasteiger partial charge in [-0.2, -0.15) is 0 Å². The van der Waals surface area contributed by atoms with E-state index in [4.69, 9.17) is 0 Å². The zero-order chi connectivity index (χ0) is 24.9. The quantitative estimate of drug-likeness (QED) is 0.152. The van der Waals surface area contributed by atoms with Crippen molar-refractivity contribution in [1.29, 1.82) is 0 Å². The molecule has 4 nitrogen and oxygen atoms in total. The lowest BCUT2D eigenvalue weighted by Gasteiger charge is -2.14. The first-order chi connectivity index (χ1) is 16.3. The smallest absolute Gasteiger partial charge is 0.336 e. The van der Waals surface area contributed by atoms with E-state index in [1.807, 2.05) is 19.1 Å². The van der Waals surface area contributed by atoms with Crippen LogP contribution in [-0.4, -0.2) is 21.3 Å². The minimum atomic E-state index is -1.08. The van der Waals surface area contributed by atoms with Crippen LogP contribution in [0, 0.1) is 0 Å². The molecule has 34 heavy (non-hydrogen) atoms. The molecule has 0 radical (unpaired) electrons. The number of carbonyl (C=O) groups is 1. The highest BCUT2D eigenvalue weighted by atomic mass is 16.4. The number of aromatic hydroxyl groups is 2. The second-order valence-electron chi connectivity index (χ2n) is 9.39. The maximum Gasteiger partial charge on any atom is 0.336 e. The molecule has 0 unspecified atom stereocenters. The summed E-state index contributed by atoms with van der Waals surface area (Å²) in [7, 11) is 0. The molecule has 2 rings (SSSR count). The molecule has 3 N–H and O–H groups in total. The van der Waals surface area contributed by atoms with Gasteiger partial charge in [0.25, 0.3) is 0 Å². The number of phenols is 2. The highest BCUT2D eigenvalue weighted by Crippen LogP contribution is 2.37. The van der Waals surface area contributed by atoms with Crippen molar-refractivity contribution in [3.8, 4) is 11.5 Å². The molecule has 0 aliphatic rings. The van der Waals surface area contributed by atoms with Crippen LogP contribution in [0.5, 0.6) is 11.5 Å². The summed E-state index contributed by atoms with van der Waals surface area (Å²) in [5.41, 5.74) is 4.61. The van der Waals surface area contributed by atoms with Gasteiger partial charge in [0.1, 0.15) is 0 Å². The fourth-order valence-corrected chi connectivity index (χ4v) is 4.13. The van der Waals surface area contributed by atoms with Gasteiger partial charge in [-0.15, -0.1) is 0 Å². The highest BCUT2D eigenvalue weighted by molar-refractivity contribution is 5.91. The number of benzene rings is 2. The molecule has 0 amide bonds. The van der Waals surface area contributed by atoms with Crippen LogP contribution in [0.3, 0.4) is 0 Å². The summed E-state index contributed by atoms with van der Waals surface area (Å²) in [5, 5.41) is 30.9. The lowest BCUT2D eigenvalue weighted by molar-refractivity contribution is 0.0695.